The smallest absolute Gasteiger partial charge is 0.240 e. The third kappa shape index (κ3) is 3.65. The van der Waals surface area contributed by atoms with Crippen molar-refractivity contribution in [2.75, 3.05) is 10.2 Å². The number of aromatic nitrogens is 3. The number of halogens is 1. The van der Waals surface area contributed by atoms with Crippen LogP contribution in [-0.4, -0.2) is 20.5 Å². The van der Waals surface area contributed by atoms with Gasteiger partial charge in [0.2, 0.25) is 17.2 Å². The van der Waals surface area contributed by atoms with E-state index >= 15 is 0 Å². The summed E-state index contributed by atoms with van der Waals surface area (Å²) in [5, 5.41) is 3.97. The van der Waals surface area contributed by atoms with Crippen molar-refractivity contribution >= 4 is 34.9 Å². The second-order valence-electron chi connectivity index (χ2n) is 9.56. The van der Waals surface area contributed by atoms with Gasteiger partial charge in [-0.1, -0.05) is 36.4 Å². The summed E-state index contributed by atoms with van der Waals surface area (Å²) in [5.74, 6) is 3.67. The first-order chi connectivity index (χ1) is 15.2. The zero-order valence-corrected chi connectivity index (χ0v) is 18.2. The van der Waals surface area contributed by atoms with Gasteiger partial charge in [0.25, 0.3) is 0 Å². The SMILES string of the molecule is Clc1nc(NC23CC4CC(CC(C4)C2)C3)nc(N(c2ccccc2)c2ccccc2)n1. The van der Waals surface area contributed by atoms with E-state index in [0.29, 0.717) is 11.9 Å². The zero-order chi connectivity index (χ0) is 20.8. The Morgan fingerprint density at radius 1 is 0.742 bits per heavy atom. The lowest BCUT2D eigenvalue weighted by Crippen LogP contribution is -2.55. The predicted molar refractivity (Wildman–Crippen MR) is 124 cm³/mol. The van der Waals surface area contributed by atoms with Crippen LogP contribution in [0.5, 0.6) is 0 Å². The van der Waals surface area contributed by atoms with E-state index in [9.17, 15) is 0 Å². The van der Waals surface area contributed by atoms with Gasteiger partial charge in [0.1, 0.15) is 0 Å². The van der Waals surface area contributed by atoms with Gasteiger partial charge < -0.3 is 5.32 Å². The third-order valence-electron chi connectivity index (χ3n) is 7.24. The molecule has 31 heavy (non-hydrogen) atoms. The summed E-state index contributed by atoms with van der Waals surface area (Å²) in [5.41, 5.74) is 2.08. The second kappa shape index (κ2) is 7.49. The molecule has 1 aromatic heterocycles. The number of nitrogens with one attached hydrogen (secondary N) is 1. The van der Waals surface area contributed by atoms with Gasteiger partial charge in [-0.15, -0.1) is 0 Å². The lowest BCUT2D eigenvalue weighted by atomic mass is 9.53. The Morgan fingerprint density at radius 2 is 1.26 bits per heavy atom. The molecule has 158 valence electrons. The van der Waals surface area contributed by atoms with Crippen LogP contribution in [0.3, 0.4) is 0 Å². The van der Waals surface area contributed by atoms with Crippen molar-refractivity contribution < 1.29 is 0 Å². The third-order valence-corrected chi connectivity index (χ3v) is 7.41. The molecule has 0 radical (unpaired) electrons. The van der Waals surface area contributed by atoms with Gasteiger partial charge in [-0.3, -0.25) is 4.90 Å². The van der Waals surface area contributed by atoms with E-state index in [1.165, 1.54) is 38.5 Å². The van der Waals surface area contributed by atoms with E-state index in [1.807, 2.05) is 41.3 Å². The lowest BCUT2D eigenvalue weighted by Gasteiger charge is -2.56. The lowest BCUT2D eigenvalue weighted by molar-refractivity contribution is 0.0103. The van der Waals surface area contributed by atoms with Gasteiger partial charge in [0, 0.05) is 16.9 Å². The number of rotatable bonds is 5. The predicted octanol–water partition coefficient (Wildman–Crippen LogP) is 6.38. The van der Waals surface area contributed by atoms with Crippen LogP contribution in [0.4, 0.5) is 23.3 Å². The molecular weight excluding hydrogens is 406 g/mol. The van der Waals surface area contributed by atoms with E-state index in [2.05, 4.69) is 39.6 Å². The normalized spacial score (nSPS) is 28.5. The largest absolute Gasteiger partial charge is 0.349 e. The maximum Gasteiger partial charge on any atom is 0.240 e. The average Bonchev–Trinajstić information content (AvgIpc) is 2.74. The molecule has 0 amide bonds. The summed E-state index contributed by atoms with van der Waals surface area (Å²) in [7, 11) is 0. The minimum absolute atomic E-state index is 0.112. The number of anilines is 4. The highest BCUT2D eigenvalue weighted by Gasteiger charge is 2.51. The van der Waals surface area contributed by atoms with Gasteiger partial charge in [-0.2, -0.15) is 15.0 Å². The Labute approximate surface area is 187 Å². The summed E-state index contributed by atoms with van der Waals surface area (Å²) < 4.78 is 0. The van der Waals surface area contributed by atoms with Crippen LogP contribution >= 0.6 is 11.6 Å². The fourth-order valence-corrected chi connectivity index (χ4v) is 6.69. The van der Waals surface area contributed by atoms with Crippen molar-refractivity contribution in [3.8, 4) is 0 Å². The number of para-hydroxylation sites is 2. The molecule has 2 aromatic carbocycles. The van der Waals surface area contributed by atoms with Crippen LogP contribution in [0.25, 0.3) is 0 Å². The molecule has 0 spiro atoms. The van der Waals surface area contributed by atoms with E-state index in [0.717, 1.165) is 29.1 Å². The Kier molecular flexibility index (Phi) is 4.60. The van der Waals surface area contributed by atoms with Crippen molar-refractivity contribution in [1.29, 1.82) is 0 Å². The molecule has 0 saturated heterocycles. The molecule has 3 aromatic rings. The maximum absolute atomic E-state index is 6.43. The van der Waals surface area contributed by atoms with Crippen LogP contribution in [0, 0.1) is 17.8 Å². The van der Waals surface area contributed by atoms with Gasteiger partial charge >= 0.3 is 0 Å². The number of benzene rings is 2. The van der Waals surface area contributed by atoms with Crippen molar-refractivity contribution in [2.45, 2.75) is 44.1 Å². The molecule has 4 saturated carbocycles. The van der Waals surface area contributed by atoms with E-state index < -0.39 is 0 Å². The van der Waals surface area contributed by atoms with Gasteiger partial charge in [0.15, 0.2) is 0 Å². The van der Waals surface area contributed by atoms with Crippen molar-refractivity contribution in [3.05, 3.63) is 65.9 Å². The first-order valence-electron chi connectivity index (χ1n) is 11.3. The standard InChI is InChI=1S/C25H26ClN5/c26-22-27-23(30-25-14-17-11-18(15-25)13-19(12-17)16-25)29-24(28-22)31(20-7-3-1-4-8-20)21-9-5-2-6-10-21/h1-10,17-19H,11-16H2,(H,27,28,29,30). The van der Waals surface area contributed by atoms with Crippen molar-refractivity contribution in [2.24, 2.45) is 17.8 Å². The second-order valence-corrected chi connectivity index (χ2v) is 9.90. The molecule has 0 unspecified atom stereocenters. The fourth-order valence-electron chi connectivity index (χ4n) is 6.53. The Balaban J connectivity index is 1.38. The summed E-state index contributed by atoms with van der Waals surface area (Å²) in [6.07, 6.45) is 7.87. The molecule has 1 N–H and O–H groups in total. The summed E-state index contributed by atoms with van der Waals surface area (Å²) in [6, 6.07) is 20.3. The van der Waals surface area contributed by atoms with Gasteiger partial charge in [-0.05, 0) is 92.1 Å². The molecule has 5 nitrogen and oxygen atoms in total. The quantitative estimate of drug-likeness (QED) is 0.508. The van der Waals surface area contributed by atoms with Crippen molar-refractivity contribution in [3.63, 3.8) is 0 Å². The monoisotopic (exact) mass is 431 g/mol. The van der Waals surface area contributed by atoms with Crippen LogP contribution in [0.1, 0.15) is 38.5 Å². The summed E-state index contributed by atoms with van der Waals surface area (Å²) >= 11 is 6.43. The molecule has 7 rings (SSSR count). The maximum atomic E-state index is 6.43. The molecule has 0 aliphatic heterocycles. The van der Waals surface area contributed by atoms with Crippen LogP contribution < -0.4 is 10.2 Å². The molecule has 4 bridgehead atoms. The summed E-state index contributed by atoms with van der Waals surface area (Å²) in [4.78, 5) is 15.9. The minimum atomic E-state index is 0.112. The van der Waals surface area contributed by atoms with E-state index in [-0.39, 0.29) is 10.8 Å². The Hall–Kier alpha value is -2.66. The van der Waals surface area contributed by atoms with Gasteiger partial charge in [-0.25, -0.2) is 0 Å². The highest BCUT2D eigenvalue weighted by molar-refractivity contribution is 6.28. The first-order valence-corrected chi connectivity index (χ1v) is 11.6. The zero-order valence-electron chi connectivity index (χ0n) is 17.4. The molecule has 6 heteroatoms. The fraction of sp³-hybridized carbons (Fsp3) is 0.400. The number of hydrogen-bond donors (Lipinski definition) is 1. The molecule has 0 atom stereocenters. The Bertz CT molecular complexity index is 997. The number of hydrogen-bond acceptors (Lipinski definition) is 5. The van der Waals surface area contributed by atoms with Crippen LogP contribution in [0.2, 0.25) is 5.28 Å². The highest BCUT2D eigenvalue weighted by Crippen LogP contribution is 2.56. The summed E-state index contributed by atoms with van der Waals surface area (Å²) in [6.45, 7) is 0. The van der Waals surface area contributed by atoms with E-state index in [4.69, 9.17) is 16.6 Å². The molecule has 1 heterocycles. The molecule has 4 aliphatic rings. The molecule has 4 aliphatic carbocycles. The van der Waals surface area contributed by atoms with E-state index in [1.54, 1.807) is 0 Å². The minimum Gasteiger partial charge on any atom is -0.349 e. The van der Waals surface area contributed by atoms with Crippen LogP contribution in [-0.2, 0) is 0 Å². The van der Waals surface area contributed by atoms with Crippen molar-refractivity contribution in [1.82, 2.24) is 15.0 Å². The number of nitrogens with zero attached hydrogens (tertiary/aromatic N) is 4. The Morgan fingerprint density at radius 3 is 1.77 bits per heavy atom. The van der Waals surface area contributed by atoms with Crippen LogP contribution in [0.15, 0.2) is 60.7 Å². The van der Waals surface area contributed by atoms with Gasteiger partial charge in [0.05, 0.1) is 0 Å². The topological polar surface area (TPSA) is 53.9 Å². The average molecular weight is 432 g/mol. The molecular formula is C25H26ClN5. The molecule has 4 fully saturated rings. The highest BCUT2D eigenvalue weighted by atomic mass is 35.5. The first kappa shape index (κ1) is 19.1.